The molecule has 480 valence electrons. The minimum Gasteiger partial charge on any atom is -0.800 e. The summed E-state index contributed by atoms with van der Waals surface area (Å²) in [4.78, 5) is 157. The van der Waals surface area contributed by atoms with Gasteiger partial charge in [-0.1, -0.05) is 65.2 Å². The van der Waals surface area contributed by atoms with Gasteiger partial charge in [0.25, 0.3) is 16.7 Å². The van der Waals surface area contributed by atoms with Crippen LogP contribution in [0.4, 0.5) is 0 Å². The van der Waals surface area contributed by atoms with Gasteiger partial charge in [0.1, 0.15) is 36.6 Å². The van der Waals surface area contributed by atoms with Gasteiger partial charge in [-0.15, -0.1) is 0 Å². The van der Waals surface area contributed by atoms with Crippen molar-refractivity contribution in [3.8, 4) is 0 Å². The third-order valence-corrected chi connectivity index (χ3v) is 26.5. The molecule has 33 nitrogen and oxygen atoms in total. The van der Waals surface area contributed by atoms with E-state index in [1.807, 2.05) is 0 Å². The number of ether oxygens (including phenoxy) is 6. The van der Waals surface area contributed by atoms with Crippen LogP contribution in [0.15, 0.2) is 65.6 Å². The Kier molecular flexibility index (Phi) is 27.5. The van der Waals surface area contributed by atoms with Crippen LogP contribution in [-0.2, 0) is 96.1 Å². The molecule has 0 saturated carbocycles. The lowest BCUT2D eigenvalue weighted by Crippen LogP contribution is -2.40. The molecule has 43 heteroatoms. The molecule has 0 spiro atoms. The fourth-order valence-electron chi connectivity index (χ4n) is 8.05. The van der Waals surface area contributed by atoms with E-state index in [0.717, 1.165) is 31.9 Å². The van der Waals surface area contributed by atoms with Gasteiger partial charge in [0.2, 0.25) is 0 Å². The van der Waals surface area contributed by atoms with E-state index in [0.29, 0.717) is 11.4 Å². The molecule has 0 aromatic carbocycles. The zero-order chi connectivity index (χ0) is 63.8. The summed E-state index contributed by atoms with van der Waals surface area (Å²) in [5.41, 5.74) is -5.59. The summed E-state index contributed by atoms with van der Waals surface area (Å²) in [7, 11) is -4.72. The highest BCUT2D eigenvalue weighted by atomic mass is 32.7. The first-order valence-electron chi connectivity index (χ1n) is 24.8. The second kappa shape index (κ2) is 30.9. The molecule has 6 unspecified atom stereocenters. The Bertz CT molecular complexity index is 3040. The van der Waals surface area contributed by atoms with E-state index in [1.54, 1.807) is 41.5 Å². The summed E-state index contributed by atoms with van der Waals surface area (Å²) in [5.74, 6) is -0.225. The number of methoxy groups -OCH3 is 3. The van der Waals surface area contributed by atoms with Crippen LogP contribution in [0.5, 0.6) is 0 Å². The van der Waals surface area contributed by atoms with Gasteiger partial charge in [-0.3, -0.25) is 52.2 Å². The predicted octanol–water partition coefficient (Wildman–Crippen LogP) is -0.231. The van der Waals surface area contributed by atoms with Gasteiger partial charge >= 0.3 is 39.1 Å². The van der Waals surface area contributed by atoms with Crippen LogP contribution in [0.25, 0.3) is 0 Å². The van der Waals surface area contributed by atoms with E-state index in [9.17, 15) is 76.4 Å². The third kappa shape index (κ3) is 21.2. The van der Waals surface area contributed by atoms with Crippen molar-refractivity contribution < 1.29 is 99.4 Å². The normalized spacial score (nSPS) is 27.8. The summed E-state index contributed by atoms with van der Waals surface area (Å²) >= 11 is 15.5. The van der Waals surface area contributed by atoms with E-state index in [-0.39, 0.29) is 18.6 Å². The molecule has 0 amide bonds. The average molecular weight is 1390 g/mol. The molecule has 9 N–H and O–H groups in total. The number of hydrogen-bond acceptors (Lipinski definition) is 25. The predicted molar refractivity (Wildman–Crippen MR) is 309 cm³/mol. The van der Waals surface area contributed by atoms with E-state index in [1.165, 1.54) is 39.9 Å². The third-order valence-electron chi connectivity index (χ3n) is 12.6. The van der Waals surface area contributed by atoms with E-state index >= 15 is 0 Å². The summed E-state index contributed by atoms with van der Waals surface area (Å²) in [6.45, 7) is -5.25. The zero-order valence-corrected chi connectivity index (χ0v) is 54.7. The molecule has 3 fully saturated rings. The summed E-state index contributed by atoms with van der Waals surface area (Å²) in [6.07, 6.45) is -9.85. The quantitative estimate of drug-likeness (QED) is 0.0413. The zero-order valence-electron chi connectivity index (χ0n) is 46.1. The van der Waals surface area contributed by atoms with Crippen LogP contribution >= 0.6 is 52.9 Å². The number of nitrogens with zero attached hydrogens (tertiary/aromatic N) is 3. The topological polar surface area (TPSA) is 483 Å². The Morgan fingerprint density at radius 2 is 0.845 bits per heavy atom. The molecule has 3 saturated heterocycles. The molecular weight excluding hydrogens is 1320 g/mol. The summed E-state index contributed by atoms with van der Waals surface area (Å²) < 4.78 is 100. The maximum Gasteiger partial charge on any atom is 0.384 e. The van der Waals surface area contributed by atoms with Crippen molar-refractivity contribution in [3.05, 3.63) is 99.3 Å². The molecule has 3 aromatic heterocycles. The van der Waals surface area contributed by atoms with E-state index in [2.05, 4.69) is 15.0 Å². The van der Waals surface area contributed by atoms with Gasteiger partial charge in [-0.2, -0.15) is 0 Å². The second-order valence-corrected chi connectivity index (χ2v) is 38.5. The number of nitrogens with one attached hydrogen (secondary N) is 3. The molecule has 6 rings (SSSR count). The minimum absolute atomic E-state index is 0.142. The smallest absolute Gasteiger partial charge is 0.384 e. The van der Waals surface area contributed by atoms with Crippen molar-refractivity contribution >= 4 is 88.8 Å². The largest absolute Gasteiger partial charge is 0.800 e. The monoisotopic (exact) mass is 1390 g/mol. The highest BCUT2D eigenvalue weighted by Crippen LogP contribution is 2.56. The van der Waals surface area contributed by atoms with Gasteiger partial charge in [-0.25, -0.2) is 18.9 Å². The molecule has 0 radical (unpaired) electrons. The van der Waals surface area contributed by atoms with Gasteiger partial charge < -0.3 is 98.0 Å². The molecule has 6 heterocycles. The maximum absolute atomic E-state index is 12.6. The minimum atomic E-state index is -4.42. The Labute approximate surface area is 498 Å². The molecule has 84 heavy (non-hydrogen) atoms. The van der Waals surface area contributed by atoms with Crippen molar-refractivity contribution in [2.75, 3.05) is 39.4 Å². The second-order valence-electron chi connectivity index (χ2n) is 19.6. The van der Waals surface area contributed by atoms with Crippen molar-refractivity contribution in [2.24, 2.45) is 0 Å². The molecular formula is C41H67N6O27P6S4-3. The lowest BCUT2D eigenvalue weighted by Gasteiger charge is -2.37. The van der Waals surface area contributed by atoms with E-state index in [4.69, 9.17) is 87.6 Å². The highest BCUT2D eigenvalue weighted by molar-refractivity contribution is 8.54. The van der Waals surface area contributed by atoms with Crippen LogP contribution in [0, 0.1) is 0 Å². The average Bonchev–Trinajstić information content (AvgIpc) is 2.52. The number of aromatic amines is 3. The Hall–Kier alpha value is -1.72. The van der Waals surface area contributed by atoms with Crippen LogP contribution in [-0.4, -0.2) is 169 Å². The van der Waals surface area contributed by atoms with Crippen molar-refractivity contribution in [1.82, 2.24) is 28.7 Å². The van der Waals surface area contributed by atoms with Crippen LogP contribution < -0.4 is 43.5 Å². The maximum atomic E-state index is 12.6. The van der Waals surface area contributed by atoms with Crippen LogP contribution in [0.2, 0.25) is 0 Å². The standard InChI is InChI=1S/2C14H24N2O9P2S.C13H22N2O9P2S2/c2*1-8(2)27(22,28)25-11-9(5-7-26(19,20)21)24-13(12(11)23-3)16-6-4-10(17)15-14(16)18;1-7(2)25(18,27)24-10-8(6-28-26(19,20)21)23-12(11(10)22-3)15-5-4-9(16)14-13(15)17/h2*4,6,8-9,11-13H,5,7H2,1-3H3,(H,22,28)(H,15,17,18)(H2,19,20,21);4-5,7-8,10-12H,6H2,1-3H3,(H,18,27)(H,14,16,17)(H2,19,20,21)/p-3/t2*9-,11+,12?,13-,27?;8-,10+,11?,12-,25?/m111/s1. The van der Waals surface area contributed by atoms with E-state index < -0.39 is 178 Å². The molecule has 3 aromatic rings. The van der Waals surface area contributed by atoms with Gasteiger partial charge in [0.15, 0.2) is 18.7 Å². The number of H-pyrrole nitrogens is 3. The lowest BCUT2D eigenvalue weighted by molar-refractivity contribution is -0.193. The Balaban J connectivity index is 0.000000270. The van der Waals surface area contributed by atoms with Crippen molar-refractivity contribution in [3.63, 3.8) is 0 Å². The summed E-state index contributed by atoms with van der Waals surface area (Å²) in [5, 5.41) is 0. The molecule has 0 bridgehead atoms. The molecule has 3 aliphatic rings. The first-order valence-corrected chi connectivity index (χ1v) is 39.7. The Morgan fingerprint density at radius 1 is 0.548 bits per heavy atom. The molecule has 0 aliphatic carbocycles. The van der Waals surface area contributed by atoms with Gasteiger partial charge in [0.05, 0.1) is 37.2 Å². The SMILES string of the molecule is COC1[C@@H](OP(=O)([S-])C(C)C)[C@@H](CCP(=O)(O)O)O[C@H]1n1ccc(=O)[nH]c1=O.COC1[C@@H](OP([O-])(=S)C(C)C)[C@@H](CCP(=O)(O)O)O[C@H]1n1ccc(=O)[nH]c1=O.COC1[C@@H](OP([O-])(=S)C(C)C)[C@@H](CSP(=O)(O)O)O[C@H]1n1ccc(=O)[nH]c1=O. The summed E-state index contributed by atoms with van der Waals surface area (Å²) in [6, 6.07) is 3.34. The number of hydrogen-bond donors (Lipinski definition) is 9. The van der Waals surface area contributed by atoms with Crippen molar-refractivity contribution in [2.45, 2.75) is 145 Å². The fraction of sp³-hybridized carbons (Fsp3) is 0.707. The van der Waals surface area contributed by atoms with Crippen LogP contribution in [0.3, 0.4) is 0 Å². The molecule has 3 aliphatic heterocycles. The Morgan fingerprint density at radius 3 is 1.11 bits per heavy atom. The first kappa shape index (κ1) is 74.7. The van der Waals surface area contributed by atoms with Crippen LogP contribution in [0.1, 0.15) is 73.1 Å². The van der Waals surface area contributed by atoms with Gasteiger partial charge in [0, 0.05) is 69.5 Å². The molecule has 15 atom stereocenters. The number of rotatable bonds is 24. The first-order chi connectivity index (χ1) is 38.6. The number of aromatic nitrogens is 6. The lowest BCUT2D eigenvalue weighted by atomic mass is 10.1. The van der Waals surface area contributed by atoms with Crippen molar-refractivity contribution in [1.29, 1.82) is 0 Å². The van der Waals surface area contributed by atoms with Gasteiger partial charge in [-0.05, 0) is 48.5 Å². The fourth-order valence-corrected chi connectivity index (χ4v) is 14.3. The highest BCUT2D eigenvalue weighted by Gasteiger charge is 2.51.